The zero-order chi connectivity index (χ0) is 12.1. The van der Waals surface area contributed by atoms with E-state index < -0.39 is 0 Å². The lowest BCUT2D eigenvalue weighted by molar-refractivity contribution is 0.299. The van der Waals surface area contributed by atoms with E-state index in [0.717, 1.165) is 5.69 Å². The molecular weight excluding hydrogens is 222 g/mol. The first-order valence-electron chi connectivity index (χ1n) is 5.19. The molecule has 1 heterocycles. The molecular formula is C11H17N3OS. The second-order valence-electron chi connectivity index (χ2n) is 3.77. The fourth-order valence-corrected chi connectivity index (χ4v) is 1.64. The summed E-state index contributed by atoms with van der Waals surface area (Å²) >= 11 is 4.89. The molecule has 3 N–H and O–H groups in total. The molecule has 0 unspecified atom stereocenters. The van der Waals surface area contributed by atoms with Crippen LogP contribution in [0.5, 0.6) is 0 Å². The van der Waals surface area contributed by atoms with Crippen molar-refractivity contribution in [2.75, 3.05) is 18.1 Å². The Morgan fingerprint density at radius 3 is 2.81 bits per heavy atom. The molecule has 0 aliphatic carbocycles. The van der Waals surface area contributed by atoms with E-state index in [2.05, 4.69) is 23.7 Å². The number of pyridine rings is 1. The first-order valence-corrected chi connectivity index (χ1v) is 5.60. The van der Waals surface area contributed by atoms with Gasteiger partial charge in [-0.25, -0.2) is 0 Å². The fraction of sp³-hybridized carbons (Fsp3) is 0.455. The normalized spacial score (nSPS) is 10.5. The third kappa shape index (κ3) is 3.15. The maximum absolute atomic E-state index is 9.02. The van der Waals surface area contributed by atoms with Crippen molar-refractivity contribution in [3.63, 3.8) is 0 Å². The molecule has 1 aromatic heterocycles. The van der Waals surface area contributed by atoms with Gasteiger partial charge < -0.3 is 15.7 Å². The number of hydrogen-bond acceptors (Lipinski definition) is 4. The average Bonchev–Trinajstić information content (AvgIpc) is 2.25. The van der Waals surface area contributed by atoms with Crippen LogP contribution in [0.3, 0.4) is 0 Å². The van der Waals surface area contributed by atoms with Crippen LogP contribution in [0.2, 0.25) is 0 Å². The molecule has 5 heteroatoms. The summed E-state index contributed by atoms with van der Waals surface area (Å²) in [5, 5.41) is 9.02. The molecule has 0 saturated heterocycles. The van der Waals surface area contributed by atoms with Crippen LogP contribution in [0.4, 0.5) is 5.69 Å². The SMILES string of the molecule is CC(C)N(CCO)c1ccnc(C(N)=S)c1. The van der Waals surface area contributed by atoms with Crippen molar-refractivity contribution in [3.8, 4) is 0 Å². The Kier molecular flexibility index (Phi) is 4.64. The molecule has 88 valence electrons. The van der Waals surface area contributed by atoms with Crippen molar-refractivity contribution in [1.29, 1.82) is 0 Å². The molecule has 0 amide bonds. The topological polar surface area (TPSA) is 62.4 Å². The van der Waals surface area contributed by atoms with E-state index in [0.29, 0.717) is 18.3 Å². The number of aliphatic hydroxyl groups excluding tert-OH is 1. The Bertz CT molecular complexity index is 368. The van der Waals surface area contributed by atoms with Crippen molar-refractivity contribution in [2.45, 2.75) is 19.9 Å². The van der Waals surface area contributed by atoms with Crippen molar-refractivity contribution >= 4 is 22.9 Å². The summed E-state index contributed by atoms with van der Waals surface area (Å²) in [6, 6.07) is 4.03. The number of hydrogen-bond donors (Lipinski definition) is 2. The summed E-state index contributed by atoms with van der Waals surface area (Å²) in [7, 11) is 0. The van der Waals surface area contributed by atoms with Crippen LogP contribution < -0.4 is 10.6 Å². The van der Waals surface area contributed by atoms with Gasteiger partial charge >= 0.3 is 0 Å². The molecule has 1 aromatic rings. The van der Waals surface area contributed by atoms with Gasteiger partial charge in [-0.1, -0.05) is 12.2 Å². The summed E-state index contributed by atoms with van der Waals surface area (Å²) in [5.41, 5.74) is 7.12. The highest BCUT2D eigenvalue weighted by Gasteiger charge is 2.11. The Morgan fingerprint density at radius 2 is 2.31 bits per heavy atom. The molecule has 4 nitrogen and oxygen atoms in total. The van der Waals surface area contributed by atoms with E-state index in [-0.39, 0.29) is 11.6 Å². The Hall–Kier alpha value is -1.20. The van der Waals surface area contributed by atoms with Crippen LogP contribution in [0.1, 0.15) is 19.5 Å². The molecule has 0 spiro atoms. The van der Waals surface area contributed by atoms with Crippen molar-refractivity contribution in [2.24, 2.45) is 5.73 Å². The lowest BCUT2D eigenvalue weighted by Gasteiger charge is -2.28. The van der Waals surface area contributed by atoms with E-state index in [1.165, 1.54) is 0 Å². The minimum atomic E-state index is 0.114. The fourth-order valence-electron chi connectivity index (χ4n) is 1.53. The van der Waals surface area contributed by atoms with Gasteiger partial charge in [-0.2, -0.15) is 0 Å². The monoisotopic (exact) mass is 239 g/mol. The molecule has 0 bridgehead atoms. The summed E-state index contributed by atoms with van der Waals surface area (Å²) < 4.78 is 0. The Morgan fingerprint density at radius 1 is 1.62 bits per heavy atom. The highest BCUT2D eigenvalue weighted by atomic mass is 32.1. The highest BCUT2D eigenvalue weighted by Crippen LogP contribution is 2.16. The number of nitrogens with two attached hydrogens (primary N) is 1. The first kappa shape index (κ1) is 12.9. The zero-order valence-corrected chi connectivity index (χ0v) is 10.4. The highest BCUT2D eigenvalue weighted by molar-refractivity contribution is 7.80. The van der Waals surface area contributed by atoms with Crippen molar-refractivity contribution in [3.05, 3.63) is 24.0 Å². The maximum Gasteiger partial charge on any atom is 0.122 e. The van der Waals surface area contributed by atoms with Gasteiger partial charge in [0.1, 0.15) is 4.99 Å². The minimum absolute atomic E-state index is 0.114. The smallest absolute Gasteiger partial charge is 0.122 e. The number of thiocarbonyl (C=S) groups is 1. The predicted octanol–water partition coefficient (Wildman–Crippen LogP) is 0.923. The van der Waals surface area contributed by atoms with Crippen LogP contribution in [-0.2, 0) is 0 Å². The molecule has 0 aliphatic heterocycles. The van der Waals surface area contributed by atoms with E-state index in [4.69, 9.17) is 23.1 Å². The van der Waals surface area contributed by atoms with Crippen molar-refractivity contribution in [1.82, 2.24) is 4.98 Å². The third-order valence-corrected chi connectivity index (χ3v) is 2.50. The van der Waals surface area contributed by atoms with E-state index in [1.807, 2.05) is 12.1 Å². The quantitative estimate of drug-likeness (QED) is 0.748. The summed E-state index contributed by atoms with van der Waals surface area (Å²) in [5.74, 6) is 0. The van der Waals surface area contributed by atoms with Gasteiger partial charge in [0.15, 0.2) is 0 Å². The maximum atomic E-state index is 9.02. The van der Waals surface area contributed by atoms with Crippen LogP contribution in [-0.4, -0.2) is 34.3 Å². The Labute approximate surface area is 101 Å². The molecule has 0 aromatic carbocycles. The number of aromatic nitrogens is 1. The van der Waals surface area contributed by atoms with Crippen molar-refractivity contribution < 1.29 is 5.11 Å². The molecule has 1 rings (SSSR count). The second-order valence-corrected chi connectivity index (χ2v) is 4.21. The second kappa shape index (κ2) is 5.77. The first-order chi connectivity index (χ1) is 7.56. The molecule has 0 radical (unpaired) electrons. The van der Waals surface area contributed by atoms with Gasteiger partial charge in [-0.05, 0) is 26.0 Å². The number of anilines is 1. The largest absolute Gasteiger partial charge is 0.395 e. The summed E-state index contributed by atoms with van der Waals surface area (Å²) in [6.45, 7) is 4.83. The summed E-state index contributed by atoms with van der Waals surface area (Å²) in [6.07, 6.45) is 1.68. The van der Waals surface area contributed by atoms with Crippen LogP contribution in [0, 0.1) is 0 Å². The van der Waals surface area contributed by atoms with Gasteiger partial charge in [0.05, 0.1) is 12.3 Å². The van der Waals surface area contributed by atoms with Gasteiger partial charge in [0.2, 0.25) is 0 Å². The number of rotatable bonds is 5. The van der Waals surface area contributed by atoms with Gasteiger partial charge in [-0.15, -0.1) is 0 Å². The molecule has 0 fully saturated rings. The van der Waals surface area contributed by atoms with Crippen LogP contribution >= 0.6 is 12.2 Å². The van der Waals surface area contributed by atoms with Crippen LogP contribution in [0.15, 0.2) is 18.3 Å². The van der Waals surface area contributed by atoms with E-state index >= 15 is 0 Å². The van der Waals surface area contributed by atoms with Gasteiger partial charge in [0.25, 0.3) is 0 Å². The zero-order valence-electron chi connectivity index (χ0n) is 9.55. The van der Waals surface area contributed by atoms with Gasteiger partial charge in [-0.3, -0.25) is 4.98 Å². The predicted molar refractivity (Wildman–Crippen MR) is 69.7 cm³/mol. The third-order valence-electron chi connectivity index (χ3n) is 2.29. The molecule has 16 heavy (non-hydrogen) atoms. The van der Waals surface area contributed by atoms with Crippen LogP contribution in [0.25, 0.3) is 0 Å². The minimum Gasteiger partial charge on any atom is -0.395 e. The molecule has 0 aliphatic rings. The summed E-state index contributed by atoms with van der Waals surface area (Å²) in [4.78, 5) is 6.44. The lowest BCUT2D eigenvalue weighted by Crippen LogP contribution is -2.33. The molecule has 0 atom stereocenters. The standard InChI is InChI=1S/C11H17N3OS/c1-8(2)14(5-6-15)9-3-4-13-10(7-9)11(12)16/h3-4,7-8,15H,5-6H2,1-2H3,(H2,12,16). The van der Waals surface area contributed by atoms with E-state index in [1.54, 1.807) is 6.20 Å². The number of nitrogens with zero attached hydrogens (tertiary/aromatic N) is 2. The number of aliphatic hydroxyl groups is 1. The average molecular weight is 239 g/mol. The van der Waals surface area contributed by atoms with Gasteiger partial charge in [0, 0.05) is 24.5 Å². The lowest BCUT2D eigenvalue weighted by atomic mass is 10.2. The van der Waals surface area contributed by atoms with E-state index in [9.17, 15) is 0 Å². The Balaban J connectivity index is 3.00. The molecule has 0 saturated carbocycles.